The van der Waals surface area contributed by atoms with Crippen LogP contribution in [0, 0.1) is 0 Å². The summed E-state index contributed by atoms with van der Waals surface area (Å²) in [6, 6.07) is 10.6. The lowest BCUT2D eigenvalue weighted by molar-refractivity contribution is 0.331. The number of benzene rings is 1. The topological polar surface area (TPSA) is 44.8 Å². The number of rotatable bonds is 3. The molecule has 106 valence electrons. The Kier molecular flexibility index (Phi) is 3.16. The number of aromatic amines is 1. The van der Waals surface area contributed by atoms with Crippen LogP contribution >= 0.6 is 0 Å². The van der Waals surface area contributed by atoms with Crippen molar-refractivity contribution in [1.82, 2.24) is 19.9 Å². The second-order valence-electron chi connectivity index (χ2n) is 5.66. The predicted octanol–water partition coefficient (Wildman–Crippen LogP) is 3.22. The van der Waals surface area contributed by atoms with Crippen LogP contribution in [0.3, 0.4) is 0 Å². The summed E-state index contributed by atoms with van der Waals surface area (Å²) in [6.45, 7) is 3.51. The third kappa shape index (κ3) is 2.54. The van der Waals surface area contributed by atoms with E-state index in [1.165, 1.54) is 31.5 Å². The minimum absolute atomic E-state index is 0.776. The maximum absolute atomic E-state index is 4.56. The second-order valence-corrected chi connectivity index (χ2v) is 5.66. The predicted molar refractivity (Wildman–Crippen MR) is 83.8 cm³/mol. The quantitative estimate of drug-likeness (QED) is 0.800. The van der Waals surface area contributed by atoms with Crippen molar-refractivity contribution >= 4 is 11.0 Å². The minimum Gasteiger partial charge on any atom is -0.346 e. The molecule has 0 amide bonds. The average molecular weight is 278 g/mol. The van der Waals surface area contributed by atoms with Crippen molar-refractivity contribution in [2.45, 2.75) is 19.4 Å². The molecule has 3 heterocycles. The van der Waals surface area contributed by atoms with Crippen LogP contribution in [0.25, 0.3) is 22.4 Å². The highest BCUT2D eigenvalue weighted by Gasteiger charge is 2.11. The molecule has 4 nitrogen and oxygen atoms in total. The third-order valence-corrected chi connectivity index (χ3v) is 4.12. The van der Waals surface area contributed by atoms with E-state index in [-0.39, 0.29) is 0 Å². The molecule has 3 aromatic rings. The molecule has 1 aliphatic rings. The Bertz CT molecular complexity index is 739. The third-order valence-electron chi connectivity index (χ3n) is 4.12. The normalized spacial score (nSPS) is 15.8. The highest BCUT2D eigenvalue weighted by atomic mass is 15.1. The highest BCUT2D eigenvalue weighted by Crippen LogP contribution is 2.19. The zero-order valence-electron chi connectivity index (χ0n) is 11.9. The molecule has 0 radical (unpaired) electrons. The molecule has 0 aliphatic carbocycles. The molecule has 4 rings (SSSR count). The van der Waals surface area contributed by atoms with Gasteiger partial charge in [-0.05, 0) is 37.6 Å². The SMILES string of the molecule is c1cc2cnc(-c3ccc(CN4CCCC4)cc3)nc2[nH]1. The first-order valence-corrected chi connectivity index (χ1v) is 7.50. The smallest absolute Gasteiger partial charge is 0.161 e. The second kappa shape index (κ2) is 5.30. The van der Waals surface area contributed by atoms with Crippen LogP contribution in [-0.2, 0) is 6.54 Å². The summed E-state index contributed by atoms with van der Waals surface area (Å²) in [7, 11) is 0. The molecule has 0 atom stereocenters. The Labute approximate surface area is 123 Å². The molecule has 21 heavy (non-hydrogen) atoms. The van der Waals surface area contributed by atoms with Crippen LogP contribution in [0.4, 0.5) is 0 Å². The van der Waals surface area contributed by atoms with Crippen LogP contribution in [0.2, 0.25) is 0 Å². The minimum atomic E-state index is 0.776. The lowest BCUT2D eigenvalue weighted by Gasteiger charge is -2.14. The number of likely N-dealkylation sites (tertiary alicyclic amines) is 1. The van der Waals surface area contributed by atoms with Gasteiger partial charge >= 0.3 is 0 Å². The molecule has 4 heteroatoms. The monoisotopic (exact) mass is 278 g/mol. The van der Waals surface area contributed by atoms with Gasteiger partial charge in [0.15, 0.2) is 5.82 Å². The number of hydrogen-bond acceptors (Lipinski definition) is 3. The van der Waals surface area contributed by atoms with Crippen molar-refractivity contribution < 1.29 is 0 Å². The van der Waals surface area contributed by atoms with Crippen molar-refractivity contribution in [1.29, 1.82) is 0 Å². The van der Waals surface area contributed by atoms with E-state index in [1.807, 2.05) is 18.5 Å². The summed E-state index contributed by atoms with van der Waals surface area (Å²) in [5.41, 5.74) is 3.32. The van der Waals surface area contributed by atoms with Crippen LogP contribution < -0.4 is 0 Å². The van der Waals surface area contributed by atoms with Gasteiger partial charge in [-0.25, -0.2) is 9.97 Å². The van der Waals surface area contributed by atoms with E-state index >= 15 is 0 Å². The van der Waals surface area contributed by atoms with Gasteiger partial charge in [0.05, 0.1) is 0 Å². The van der Waals surface area contributed by atoms with E-state index in [2.05, 4.69) is 44.1 Å². The molecule has 1 N–H and O–H groups in total. The van der Waals surface area contributed by atoms with Crippen LogP contribution in [0.5, 0.6) is 0 Å². The Hall–Kier alpha value is -2.20. The molecular weight excluding hydrogens is 260 g/mol. The zero-order valence-corrected chi connectivity index (χ0v) is 11.9. The van der Waals surface area contributed by atoms with Gasteiger partial charge in [0.1, 0.15) is 5.65 Å². The van der Waals surface area contributed by atoms with Crippen molar-refractivity contribution in [3.63, 3.8) is 0 Å². The Morgan fingerprint density at radius 3 is 2.67 bits per heavy atom. The maximum atomic E-state index is 4.56. The summed E-state index contributed by atoms with van der Waals surface area (Å²) < 4.78 is 0. The number of aromatic nitrogens is 3. The van der Waals surface area contributed by atoms with Gasteiger partial charge in [0, 0.05) is 29.9 Å². The molecule has 0 unspecified atom stereocenters. The van der Waals surface area contributed by atoms with E-state index in [9.17, 15) is 0 Å². The first-order chi connectivity index (χ1) is 10.4. The Morgan fingerprint density at radius 1 is 1.05 bits per heavy atom. The Balaban J connectivity index is 1.57. The fraction of sp³-hybridized carbons (Fsp3) is 0.294. The fourth-order valence-corrected chi connectivity index (χ4v) is 2.94. The van der Waals surface area contributed by atoms with E-state index in [1.54, 1.807) is 0 Å². The molecule has 0 bridgehead atoms. The summed E-state index contributed by atoms with van der Waals surface area (Å²) >= 11 is 0. The maximum Gasteiger partial charge on any atom is 0.161 e. The average Bonchev–Trinajstić information content (AvgIpc) is 3.18. The van der Waals surface area contributed by atoms with Gasteiger partial charge in [-0.3, -0.25) is 4.90 Å². The standard InChI is InChI=1S/C17H18N4/c1-2-10-21(9-1)12-13-3-5-14(6-4-13)16-19-11-15-7-8-18-17(15)20-16/h3-8,11H,1-2,9-10,12H2,(H,18,19,20). The summed E-state index contributed by atoms with van der Waals surface area (Å²) in [5, 5.41) is 1.05. The van der Waals surface area contributed by atoms with Gasteiger partial charge in [-0.2, -0.15) is 0 Å². The molecule has 0 spiro atoms. The van der Waals surface area contributed by atoms with Crippen LogP contribution in [0.15, 0.2) is 42.7 Å². The largest absolute Gasteiger partial charge is 0.346 e. The summed E-state index contributed by atoms with van der Waals surface area (Å²) in [6.07, 6.45) is 6.43. The number of hydrogen-bond donors (Lipinski definition) is 1. The zero-order chi connectivity index (χ0) is 14.1. The summed E-state index contributed by atoms with van der Waals surface area (Å²) in [5.74, 6) is 0.776. The Morgan fingerprint density at radius 2 is 1.86 bits per heavy atom. The van der Waals surface area contributed by atoms with Crippen molar-refractivity contribution in [2.24, 2.45) is 0 Å². The van der Waals surface area contributed by atoms with Crippen molar-refractivity contribution in [3.8, 4) is 11.4 Å². The number of nitrogens with one attached hydrogen (secondary N) is 1. The van der Waals surface area contributed by atoms with Gasteiger partial charge in [-0.15, -0.1) is 0 Å². The first-order valence-electron chi connectivity index (χ1n) is 7.50. The van der Waals surface area contributed by atoms with E-state index in [0.717, 1.165) is 29.0 Å². The number of fused-ring (bicyclic) bond motifs is 1. The van der Waals surface area contributed by atoms with Gasteiger partial charge in [-0.1, -0.05) is 24.3 Å². The lowest BCUT2D eigenvalue weighted by atomic mass is 10.1. The van der Waals surface area contributed by atoms with E-state index in [0.29, 0.717) is 0 Å². The van der Waals surface area contributed by atoms with Crippen molar-refractivity contribution in [3.05, 3.63) is 48.3 Å². The molecule has 1 fully saturated rings. The molecule has 2 aromatic heterocycles. The molecule has 1 saturated heterocycles. The van der Waals surface area contributed by atoms with Gasteiger partial charge in [0.2, 0.25) is 0 Å². The molecule has 0 saturated carbocycles. The van der Waals surface area contributed by atoms with Crippen LogP contribution in [-0.4, -0.2) is 32.9 Å². The fourth-order valence-electron chi connectivity index (χ4n) is 2.94. The number of nitrogens with zero attached hydrogens (tertiary/aromatic N) is 3. The summed E-state index contributed by atoms with van der Waals surface area (Å²) in [4.78, 5) is 14.6. The number of H-pyrrole nitrogens is 1. The molecule has 1 aromatic carbocycles. The van der Waals surface area contributed by atoms with E-state index < -0.39 is 0 Å². The molecule has 1 aliphatic heterocycles. The first kappa shape index (κ1) is 12.5. The van der Waals surface area contributed by atoms with Crippen LogP contribution in [0.1, 0.15) is 18.4 Å². The van der Waals surface area contributed by atoms with Gasteiger partial charge < -0.3 is 4.98 Å². The lowest BCUT2D eigenvalue weighted by Crippen LogP contribution is -2.18. The molecular formula is C17H18N4. The van der Waals surface area contributed by atoms with Gasteiger partial charge in [0.25, 0.3) is 0 Å². The van der Waals surface area contributed by atoms with Crippen molar-refractivity contribution in [2.75, 3.05) is 13.1 Å². The highest BCUT2D eigenvalue weighted by molar-refractivity contribution is 5.76. The van der Waals surface area contributed by atoms with E-state index in [4.69, 9.17) is 0 Å².